The summed E-state index contributed by atoms with van der Waals surface area (Å²) in [5.41, 5.74) is 6.84. The van der Waals surface area contributed by atoms with Gasteiger partial charge in [-0.25, -0.2) is 8.42 Å². The number of anilines is 1. The molecule has 1 aliphatic rings. The molecule has 0 saturated carbocycles. The first-order valence-electron chi connectivity index (χ1n) is 10.1. The highest BCUT2D eigenvalue weighted by Crippen LogP contribution is 2.37. The number of carbonyl (C=O) groups excluding carboxylic acids is 2. The zero-order valence-corrected chi connectivity index (χ0v) is 19.3. The van der Waals surface area contributed by atoms with Crippen molar-refractivity contribution in [3.63, 3.8) is 0 Å². The largest absolute Gasteiger partial charge is 0.497 e. The Morgan fingerprint density at radius 3 is 2.58 bits per heavy atom. The Bertz CT molecular complexity index is 1060. The number of methoxy groups -OCH3 is 1. The third-order valence-corrected chi connectivity index (χ3v) is 8.06. The van der Waals surface area contributed by atoms with E-state index in [0.717, 1.165) is 36.5 Å². The van der Waals surface area contributed by atoms with Gasteiger partial charge in [0.25, 0.3) is 5.91 Å². The van der Waals surface area contributed by atoms with Crippen LogP contribution in [0.15, 0.2) is 29.2 Å². The van der Waals surface area contributed by atoms with E-state index in [2.05, 4.69) is 17.1 Å². The van der Waals surface area contributed by atoms with Crippen LogP contribution < -0.4 is 15.8 Å². The van der Waals surface area contributed by atoms with Crippen molar-refractivity contribution in [2.45, 2.75) is 37.6 Å². The van der Waals surface area contributed by atoms with Crippen molar-refractivity contribution < 1.29 is 22.7 Å². The summed E-state index contributed by atoms with van der Waals surface area (Å²) in [7, 11) is -2.13. The molecule has 0 saturated heterocycles. The fraction of sp³-hybridized carbons (Fsp3) is 0.429. The molecule has 8 nitrogen and oxygen atoms in total. The van der Waals surface area contributed by atoms with Gasteiger partial charge in [0, 0.05) is 24.4 Å². The molecule has 2 amide bonds. The first-order valence-corrected chi connectivity index (χ1v) is 12.6. The highest BCUT2D eigenvalue weighted by atomic mass is 32.2. The van der Waals surface area contributed by atoms with Crippen LogP contribution in [0.2, 0.25) is 0 Å². The van der Waals surface area contributed by atoms with Crippen molar-refractivity contribution in [2.75, 3.05) is 31.3 Å². The summed E-state index contributed by atoms with van der Waals surface area (Å²) in [6.45, 7) is 4.64. The summed E-state index contributed by atoms with van der Waals surface area (Å²) in [6, 6.07) is 6.02. The number of sulfone groups is 1. The van der Waals surface area contributed by atoms with E-state index in [9.17, 15) is 18.0 Å². The van der Waals surface area contributed by atoms with E-state index in [1.54, 1.807) is 12.1 Å². The Morgan fingerprint density at radius 2 is 1.97 bits per heavy atom. The molecule has 31 heavy (non-hydrogen) atoms. The minimum absolute atomic E-state index is 0.126. The van der Waals surface area contributed by atoms with Gasteiger partial charge in [-0.1, -0.05) is 6.92 Å². The first kappa shape index (κ1) is 23.2. The average molecular weight is 466 g/mol. The minimum atomic E-state index is -3.63. The van der Waals surface area contributed by atoms with Crippen molar-refractivity contribution in [2.24, 2.45) is 5.73 Å². The highest BCUT2D eigenvalue weighted by molar-refractivity contribution is 7.91. The summed E-state index contributed by atoms with van der Waals surface area (Å²) in [4.78, 5) is 28.0. The Kier molecular flexibility index (Phi) is 7.34. The van der Waals surface area contributed by atoms with Crippen LogP contribution in [0.1, 0.15) is 40.6 Å². The molecule has 1 aromatic heterocycles. The number of primary amides is 1. The Hall–Kier alpha value is -2.43. The highest BCUT2D eigenvalue weighted by Gasteiger charge is 2.27. The monoisotopic (exact) mass is 465 g/mol. The van der Waals surface area contributed by atoms with Crippen LogP contribution in [0.3, 0.4) is 0 Å². The molecule has 0 aliphatic carbocycles. The van der Waals surface area contributed by atoms with Crippen LogP contribution >= 0.6 is 11.3 Å². The zero-order valence-electron chi connectivity index (χ0n) is 17.6. The number of thiophene rings is 1. The van der Waals surface area contributed by atoms with Crippen LogP contribution in [-0.2, 0) is 27.6 Å². The quantitative estimate of drug-likeness (QED) is 0.587. The smallest absolute Gasteiger partial charge is 0.251 e. The van der Waals surface area contributed by atoms with E-state index in [4.69, 9.17) is 10.5 Å². The standard InChI is InChI=1S/C21H27N3O5S2/c1-3-10-24-11-8-16-17(13-24)30-21(19(16)20(22)26)23-18(25)9-12-31(27,28)15-6-4-14(29-2)5-7-15/h4-7H,3,8-13H2,1-2H3,(H2,22,26)(H,23,25). The van der Waals surface area contributed by atoms with Crippen LogP contribution in [0.5, 0.6) is 5.75 Å². The number of hydrogen-bond donors (Lipinski definition) is 2. The maximum Gasteiger partial charge on any atom is 0.251 e. The lowest BCUT2D eigenvalue weighted by molar-refractivity contribution is -0.115. The fourth-order valence-electron chi connectivity index (χ4n) is 3.63. The van der Waals surface area contributed by atoms with Gasteiger partial charge in [0.05, 0.1) is 23.3 Å². The van der Waals surface area contributed by atoms with Crippen molar-refractivity contribution in [1.29, 1.82) is 0 Å². The molecule has 3 N–H and O–H groups in total. The zero-order chi connectivity index (χ0) is 22.6. The fourth-order valence-corrected chi connectivity index (χ4v) is 6.18. The number of nitrogens with zero attached hydrogens (tertiary/aromatic N) is 1. The summed E-state index contributed by atoms with van der Waals surface area (Å²) >= 11 is 1.34. The van der Waals surface area contributed by atoms with E-state index in [-0.39, 0.29) is 17.1 Å². The van der Waals surface area contributed by atoms with Crippen molar-refractivity contribution in [1.82, 2.24) is 4.90 Å². The Morgan fingerprint density at radius 1 is 1.26 bits per heavy atom. The van der Waals surface area contributed by atoms with Crippen LogP contribution in [0.25, 0.3) is 0 Å². The minimum Gasteiger partial charge on any atom is -0.497 e. The molecule has 0 spiro atoms. The number of amides is 2. The van der Waals surface area contributed by atoms with Crippen molar-refractivity contribution in [3.05, 3.63) is 40.3 Å². The number of rotatable bonds is 9. The van der Waals surface area contributed by atoms with E-state index < -0.39 is 21.7 Å². The second-order valence-corrected chi connectivity index (χ2v) is 10.6. The number of nitrogens with two attached hydrogens (primary N) is 1. The molecule has 10 heteroatoms. The van der Waals surface area contributed by atoms with Gasteiger partial charge in [0.15, 0.2) is 9.84 Å². The van der Waals surface area contributed by atoms with Gasteiger partial charge in [0.2, 0.25) is 5.91 Å². The van der Waals surface area contributed by atoms with Gasteiger partial charge >= 0.3 is 0 Å². The molecule has 168 valence electrons. The van der Waals surface area contributed by atoms with Gasteiger partial charge in [0.1, 0.15) is 10.8 Å². The van der Waals surface area contributed by atoms with E-state index in [0.29, 0.717) is 22.7 Å². The summed E-state index contributed by atoms with van der Waals surface area (Å²) in [5, 5.41) is 3.12. The molecular formula is C21H27N3O5S2. The maximum absolute atomic E-state index is 12.5. The van der Waals surface area contributed by atoms with Gasteiger partial charge in [-0.15, -0.1) is 11.3 Å². The Labute approximate surface area is 186 Å². The summed E-state index contributed by atoms with van der Waals surface area (Å²) in [6.07, 6.45) is 1.51. The molecule has 0 atom stereocenters. The third-order valence-electron chi connectivity index (χ3n) is 5.19. The van der Waals surface area contributed by atoms with Crippen LogP contribution in [-0.4, -0.2) is 51.1 Å². The molecule has 0 unspecified atom stereocenters. The first-order chi connectivity index (χ1) is 14.7. The lowest BCUT2D eigenvalue weighted by Gasteiger charge is -2.26. The van der Waals surface area contributed by atoms with Crippen LogP contribution in [0.4, 0.5) is 5.00 Å². The lowest BCUT2D eigenvalue weighted by Crippen LogP contribution is -2.31. The second kappa shape index (κ2) is 9.80. The molecule has 2 aromatic rings. The topological polar surface area (TPSA) is 119 Å². The van der Waals surface area contributed by atoms with Crippen molar-refractivity contribution >= 4 is 38.0 Å². The molecule has 2 heterocycles. The van der Waals surface area contributed by atoms with Crippen LogP contribution in [0, 0.1) is 0 Å². The maximum atomic E-state index is 12.5. The number of benzene rings is 1. The Balaban J connectivity index is 1.69. The van der Waals surface area contributed by atoms with Gasteiger partial charge in [-0.3, -0.25) is 14.5 Å². The summed E-state index contributed by atoms with van der Waals surface area (Å²) in [5.74, 6) is -0.840. The normalized spacial score (nSPS) is 14.1. The molecule has 0 fully saturated rings. The lowest BCUT2D eigenvalue weighted by atomic mass is 10.0. The van der Waals surface area contributed by atoms with Gasteiger partial charge in [-0.05, 0) is 49.2 Å². The number of hydrogen-bond acceptors (Lipinski definition) is 7. The summed E-state index contributed by atoms with van der Waals surface area (Å²) < 4.78 is 30.1. The SMILES string of the molecule is CCCN1CCc2c(sc(NC(=O)CCS(=O)(=O)c3ccc(OC)cc3)c2C(N)=O)C1. The van der Waals surface area contributed by atoms with E-state index in [1.807, 2.05) is 0 Å². The predicted octanol–water partition coefficient (Wildman–Crippen LogP) is 2.43. The molecule has 3 rings (SSSR count). The molecule has 0 bridgehead atoms. The average Bonchev–Trinajstić information content (AvgIpc) is 3.10. The predicted molar refractivity (Wildman–Crippen MR) is 120 cm³/mol. The van der Waals surface area contributed by atoms with E-state index >= 15 is 0 Å². The third kappa shape index (κ3) is 5.44. The van der Waals surface area contributed by atoms with Gasteiger partial charge < -0.3 is 15.8 Å². The number of ether oxygens (including phenoxy) is 1. The van der Waals surface area contributed by atoms with E-state index in [1.165, 1.54) is 30.6 Å². The second-order valence-electron chi connectivity index (χ2n) is 7.39. The molecule has 1 aromatic carbocycles. The molecule has 1 aliphatic heterocycles. The number of carbonyl (C=O) groups is 2. The molecule has 0 radical (unpaired) electrons. The van der Waals surface area contributed by atoms with Gasteiger partial charge in [-0.2, -0.15) is 0 Å². The number of fused-ring (bicyclic) bond motifs is 1. The molecular weight excluding hydrogens is 438 g/mol. The number of nitrogens with one attached hydrogen (secondary N) is 1. The van der Waals surface area contributed by atoms with Crippen molar-refractivity contribution in [3.8, 4) is 5.75 Å².